The minimum Gasteiger partial charge on any atom is -0.474 e. The fourth-order valence-corrected chi connectivity index (χ4v) is 5.52. The molecule has 2 aromatic rings. The van der Waals surface area contributed by atoms with Gasteiger partial charge in [-0.05, 0) is 89.1 Å². The summed E-state index contributed by atoms with van der Waals surface area (Å²) in [6, 6.07) is 9.24. The van der Waals surface area contributed by atoms with Crippen LogP contribution < -0.4 is 9.64 Å². The zero-order chi connectivity index (χ0) is 29.6. The van der Waals surface area contributed by atoms with Crippen molar-refractivity contribution >= 4 is 17.7 Å². The number of anilines is 1. The van der Waals surface area contributed by atoms with Crippen LogP contribution in [-0.2, 0) is 16.1 Å². The number of aromatic nitrogens is 1. The van der Waals surface area contributed by atoms with Gasteiger partial charge in [-0.1, -0.05) is 13.0 Å². The molecule has 2 fully saturated rings. The first-order valence-electron chi connectivity index (χ1n) is 14.9. The molecule has 1 aromatic heterocycles. The third-order valence-corrected chi connectivity index (χ3v) is 7.78. The third kappa shape index (κ3) is 8.64. The Bertz CT molecular complexity index is 1170. The van der Waals surface area contributed by atoms with Crippen molar-refractivity contribution in [3.05, 3.63) is 53.5 Å². The molecule has 0 radical (unpaired) electrons. The number of ether oxygens (including phenoxy) is 2. The molecule has 1 saturated heterocycles. The molecule has 2 amide bonds. The van der Waals surface area contributed by atoms with Crippen molar-refractivity contribution in [2.75, 3.05) is 37.6 Å². The van der Waals surface area contributed by atoms with Crippen molar-refractivity contribution in [2.24, 2.45) is 5.92 Å². The standard InChI is InChI=1S/C32H45FN4O4/c1-6-15-37(30(38)24-8-12-28(13-9-24)40-29-14-10-26(33)21-34-29)27-11-7-25(23(2)20-27)22-35-16-18-36(19-17-35)31(39)41-32(3,4)5/h7,10-11,14,20-21,24,28H,6,8-9,12-13,15-19,22H2,1-5H3/t24-,28-. The van der Waals surface area contributed by atoms with Gasteiger partial charge in [0.15, 0.2) is 0 Å². The summed E-state index contributed by atoms with van der Waals surface area (Å²) in [5, 5.41) is 0. The van der Waals surface area contributed by atoms with E-state index in [1.165, 1.54) is 11.6 Å². The van der Waals surface area contributed by atoms with Crippen molar-refractivity contribution in [3.8, 4) is 5.88 Å². The van der Waals surface area contributed by atoms with Gasteiger partial charge in [-0.2, -0.15) is 0 Å². The van der Waals surface area contributed by atoms with Crippen LogP contribution in [0.1, 0.15) is 70.9 Å². The van der Waals surface area contributed by atoms with Gasteiger partial charge < -0.3 is 19.3 Å². The van der Waals surface area contributed by atoms with Crippen molar-refractivity contribution in [2.45, 2.75) is 85.0 Å². The zero-order valence-corrected chi connectivity index (χ0v) is 25.2. The van der Waals surface area contributed by atoms with E-state index in [2.05, 4.69) is 41.9 Å². The van der Waals surface area contributed by atoms with Crippen LogP contribution in [0.3, 0.4) is 0 Å². The molecule has 8 nitrogen and oxygen atoms in total. The van der Waals surface area contributed by atoms with Crippen molar-refractivity contribution in [1.82, 2.24) is 14.8 Å². The first-order chi connectivity index (χ1) is 19.5. The van der Waals surface area contributed by atoms with Crippen molar-refractivity contribution < 1.29 is 23.5 Å². The Morgan fingerprint density at radius 2 is 1.76 bits per heavy atom. The number of amides is 2. The molecule has 0 atom stereocenters. The minimum atomic E-state index is -0.489. The number of carbonyl (C=O) groups excluding carboxylic acids is 2. The van der Waals surface area contributed by atoms with Crippen LogP contribution in [0.2, 0.25) is 0 Å². The Labute approximate surface area is 243 Å². The van der Waals surface area contributed by atoms with E-state index in [9.17, 15) is 14.0 Å². The fourth-order valence-electron chi connectivity index (χ4n) is 5.52. The molecule has 1 aliphatic carbocycles. The molecule has 1 saturated carbocycles. The summed E-state index contributed by atoms with van der Waals surface area (Å²) in [5.41, 5.74) is 2.85. The maximum Gasteiger partial charge on any atom is 0.410 e. The van der Waals surface area contributed by atoms with Gasteiger partial charge in [0, 0.05) is 56.9 Å². The molecule has 1 aliphatic heterocycles. The number of benzene rings is 1. The smallest absolute Gasteiger partial charge is 0.410 e. The molecule has 0 spiro atoms. The molecule has 4 rings (SSSR count). The summed E-state index contributed by atoms with van der Waals surface area (Å²) in [5.74, 6) is 0.179. The lowest BCUT2D eigenvalue weighted by Crippen LogP contribution is -2.49. The Morgan fingerprint density at radius 1 is 1.05 bits per heavy atom. The van der Waals surface area contributed by atoms with Gasteiger partial charge in [-0.3, -0.25) is 9.69 Å². The average Bonchev–Trinajstić information content (AvgIpc) is 2.93. The number of pyridine rings is 1. The normalized spacial score (nSPS) is 20.0. The maximum atomic E-state index is 13.7. The van der Waals surface area contributed by atoms with Gasteiger partial charge >= 0.3 is 6.09 Å². The molecule has 41 heavy (non-hydrogen) atoms. The second-order valence-corrected chi connectivity index (χ2v) is 12.3. The van der Waals surface area contributed by atoms with Crippen LogP contribution in [0.4, 0.5) is 14.9 Å². The number of nitrogens with zero attached hydrogens (tertiary/aromatic N) is 4. The highest BCUT2D eigenvalue weighted by atomic mass is 19.1. The van der Waals surface area contributed by atoms with E-state index in [0.717, 1.165) is 69.2 Å². The average molecular weight is 569 g/mol. The summed E-state index contributed by atoms with van der Waals surface area (Å²) in [6.07, 6.45) is 4.85. The van der Waals surface area contributed by atoms with Gasteiger partial charge in [0.05, 0.1) is 6.20 Å². The highest BCUT2D eigenvalue weighted by Crippen LogP contribution is 2.31. The van der Waals surface area contributed by atoms with E-state index in [0.29, 0.717) is 25.5 Å². The molecule has 0 N–H and O–H groups in total. The van der Waals surface area contributed by atoms with Crippen molar-refractivity contribution in [1.29, 1.82) is 0 Å². The van der Waals surface area contributed by atoms with Gasteiger partial charge in [0.2, 0.25) is 11.8 Å². The van der Waals surface area contributed by atoms with Gasteiger partial charge in [-0.25, -0.2) is 14.2 Å². The van der Waals surface area contributed by atoms with E-state index in [1.807, 2.05) is 25.7 Å². The number of aryl methyl sites for hydroxylation is 1. The molecule has 2 heterocycles. The highest BCUT2D eigenvalue weighted by molar-refractivity contribution is 5.95. The second kappa shape index (κ2) is 13.6. The molecule has 224 valence electrons. The zero-order valence-electron chi connectivity index (χ0n) is 25.2. The van der Waals surface area contributed by atoms with Crippen molar-refractivity contribution in [3.63, 3.8) is 0 Å². The van der Waals surface area contributed by atoms with E-state index in [1.54, 1.807) is 11.0 Å². The molecular weight excluding hydrogens is 523 g/mol. The van der Waals surface area contributed by atoms with Gasteiger partial charge in [0.25, 0.3) is 0 Å². The van der Waals surface area contributed by atoms with E-state index in [-0.39, 0.29) is 29.8 Å². The summed E-state index contributed by atoms with van der Waals surface area (Å²) in [4.78, 5) is 36.1. The summed E-state index contributed by atoms with van der Waals surface area (Å²) in [6.45, 7) is 14.2. The lowest BCUT2D eigenvalue weighted by Gasteiger charge is -2.36. The lowest BCUT2D eigenvalue weighted by molar-refractivity contribution is -0.123. The minimum absolute atomic E-state index is 0.0100. The Balaban J connectivity index is 1.31. The lowest BCUT2D eigenvalue weighted by atomic mass is 9.86. The monoisotopic (exact) mass is 568 g/mol. The Kier molecular flexibility index (Phi) is 10.2. The molecular formula is C32H45FN4O4. The van der Waals surface area contributed by atoms with Crippen LogP contribution in [0.5, 0.6) is 5.88 Å². The number of rotatable bonds is 8. The Morgan fingerprint density at radius 3 is 2.34 bits per heavy atom. The number of piperazine rings is 1. The maximum absolute atomic E-state index is 13.7. The molecule has 2 aliphatic rings. The second-order valence-electron chi connectivity index (χ2n) is 12.3. The quantitative estimate of drug-likeness (QED) is 0.391. The molecule has 0 unspecified atom stereocenters. The first-order valence-corrected chi connectivity index (χ1v) is 14.9. The van der Waals surface area contributed by atoms with E-state index in [4.69, 9.17) is 9.47 Å². The third-order valence-electron chi connectivity index (χ3n) is 7.78. The van der Waals surface area contributed by atoms with Crippen LogP contribution >= 0.6 is 0 Å². The SMILES string of the molecule is CCCN(c1ccc(CN2CCN(C(=O)OC(C)(C)C)CC2)c(C)c1)C(=O)[C@H]1CC[C@H](Oc2ccc(F)cn2)CC1. The highest BCUT2D eigenvalue weighted by Gasteiger charge is 2.31. The van der Waals surface area contributed by atoms with Crippen LogP contribution in [-0.4, -0.2) is 71.2 Å². The molecule has 9 heteroatoms. The van der Waals surface area contributed by atoms with Gasteiger partial charge in [0.1, 0.15) is 17.5 Å². The Hall–Kier alpha value is -3.20. The van der Waals surface area contributed by atoms with Crippen LogP contribution in [0.15, 0.2) is 36.5 Å². The fraction of sp³-hybridized carbons (Fsp3) is 0.594. The summed E-state index contributed by atoms with van der Waals surface area (Å²) >= 11 is 0. The van der Waals surface area contributed by atoms with Gasteiger partial charge in [-0.15, -0.1) is 0 Å². The summed E-state index contributed by atoms with van der Waals surface area (Å²) < 4.78 is 24.6. The van der Waals surface area contributed by atoms with Crippen LogP contribution in [0, 0.1) is 18.7 Å². The first kappa shape index (κ1) is 30.8. The topological polar surface area (TPSA) is 75.2 Å². The van der Waals surface area contributed by atoms with E-state index < -0.39 is 5.60 Å². The number of hydrogen-bond donors (Lipinski definition) is 0. The molecule has 0 bridgehead atoms. The van der Waals surface area contributed by atoms with Crippen LogP contribution in [0.25, 0.3) is 0 Å². The largest absolute Gasteiger partial charge is 0.474 e. The summed E-state index contributed by atoms with van der Waals surface area (Å²) in [7, 11) is 0. The molecule has 1 aromatic carbocycles. The number of hydrogen-bond acceptors (Lipinski definition) is 6. The number of carbonyl (C=O) groups is 2. The predicted molar refractivity (Wildman–Crippen MR) is 157 cm³/mol. The van der Waals surface area contributed by atoms with E-state index >= 15 is 0 Å². The predicted octanol–water partition coefficient (Wildman–Crippen LogP) is 5.96. The number of halogens is 1.